The van der Waals surface area contributed by atoms with Crippen LogP contribution in [0.2, 0.25) is 18.1 Å². The second kappa shape index (κ2) is 8.28. The molecule has 30 heavy (non-hydrogen) atoms. The zero-order valence-corrected chi connectivity index (χ0v) is 19.9. The molecule has 1 atom stereocenters. The van der Waals surface area contributed by atoms with Crippen LogP contribution in [-0.2, 0) is 4.43 Å². The number of fused-ring (bicyclic) bond motifs is 1. The smallest absolute Gasteiger partial charge is 0.193 e. The lowest BCUT2D eigenvalue weighted by atomic mass is 10.0. The minimum absolute atomic E-state index is 0.0851. The van der Waals surface area contributed by atoms with Gasteiger partial charge >= 0.3 is 0 Å². The van der Waals surface area contributed by atoms with Crippen LogP contribution in [0.15, 0.2) is 49.4 Å². The van der Waals surface area contributed by atoms with E-state index in [9.17, 15) is 0 Å². The molecule has 0 saturated carbocycles. The van der Waals surface area contributed by atoms with Crippen molar-refractivity contribution in [1.29, 1.82) is 0 Å². The Balaban J connectivity index is 1.95. The van der Waals surface area contributed by atoms with Crippen LogP contribution in [0, 0.1) is 6.92 Å². The van der Waals surface area contributed by atoms with E-state index in [4.69, 9.17) is 15.1 Å². The molecule has 6 heteroatoms. The SMILES string of the molecule is C=CCC(O[Si](C)(C)C(C)(C)C)c1cc(C)c(-c2cnc3cc(N)ncc3c2)cn1. The van der Waals surface area contributed by atoms with E-state index in [2.05, 4.69) is 69.5 Å². The Morgan fingerprint density at radius 2 is 1.83 bits per heavy atom. The monoisotopic (exact) mass is 420 g/mol. The van der Waals surface area contributed by atoms with Gasteiger partial charge in [0.2, 0.25) is 0 Å². The number of hydrogen-bond acceptors (Lipinski definition) is 5. The van der Waals surface area contributed by atoms with Gasteiger partial charge in [0.25, 0.3) is 0 Å². The summed E-state index contributed by atoms with van der Waals surface area (Å²) in [6.45, 7) is 17.3. The largest absolute Gasteiger partial charge is 0.408 e. The predicted molar refractivity (Wildman–Crippen MR) is 128 cm³/mol. The minimum atomic E-state index is -1.93. The number of hydrogen-bond donors (Lipinski definition) is 1. The van der Waals surface area contributed by atoms with Crippen molar-refractivity contribution < 1.29 is 4.43 Å². The van der Waals surface area contributed by atoms with E-state index in [1.54, 1.807) is 12.3 Å². The van der Waals surface area contributed by atoms with Gasteiger partial charge in [-0.15, -0.1) is 6.58 Å². The Morgan fingerprint density at radius 1 is 1.10 bits per heavy atom. The molecule has 0 aliphatic carbocycles. The molecule has 1 unspecified atom stereocenters. The highest BCUT2D eigenvalue weighted by Crippen LogP contribution is 2.40. The van der Waals surface area contributed by atoms with Crippen molar-refractivity contribution in [3.8, 4) is 11.1 Å². The normalized spacial score (nSPS) is 13.4. The van der Waals surface area contributed by atoms with E-state index in [1.807, 2.05) is 18.5 Å². The summed E-state index contributed by atoms with van der Waals surface area (Å²) >= 11 is 0. The number of nitrogens with two attached hydrogens (primary N) is 1. The maximum absolute atomic E-state index is 6.67. The van der Waals surface area contributed by atoms with Crippen molar-refractivity contribution in [1.82, 2.24) is 15.0 Å². The number of anilines is 1. The van der Waals surface area contributed by atoms with Crippen LogP contribution in [-0.4, -0.2) is 23.3 Å². The fraction of sp³-hybridized carbons (Fsp3) is 0.375. The number of nitrogens with zero attached hydrogens (tertiary/aromatic N) is 3. The minimum Gasteiger partial charge on any atom is -0.408 e. The van der Waals surface area contributed by atoms with Gasteiger partial charge in [-0.25, -0.2) is 4.98 Å². The van der Waals surface area contributed by atoms with Crippen molar-refractivity contribution in [3.05, 3.63) is 60.7 Å². The van der Waals surface area contributed by atoms with Crippen LogP contribution < -0.4 is 5.73 Å². The van der Waals surface area contributed by atoms with Crippen molar-refractivity contribution in [2.24, 2.45) is 0 Å². The molecule has 3 aromatic heterocycles. The molecule has 0 radical (unpaired) electrons. The van der Waals surface area contributed by atoms with Gasteiger partial charge in [-0.3, -0.25) is 9.97 Å². The van der Waals surface area contributed by atoms with E-state index in [1.165, 1.54) is 0 Å². The number of rotatable bonds is 6. The topological polar surface area (TPSA) is 73.9 Å². The first-order valence-corrected chi connectivity index (χ1v) is 13.2. The van der Waals surface area contributed by atoms with Gasteiger partial charge < -0.3 is 10.2 Å². The Kier molecular flexibility index (Phi) is 6.10. The Morgan fingerprint density at radius 3 is 2.47 bits per heavy atom. The van der Waals surface area contributed by atoms with E-state index >= 15 is 0 Å². The second-order valence-corrected chi connectivity index (χ2v) is 14.1. The summed E-state index contributed by atoms with van der Waals surface area (Å²) in [5.41, 5.74) is 10.7. The molecule has 3 rings (SSSR count). The molecular weight excluding hydrogens is 388 g/mol. The van der Waals surface area contributed by atoms with Crippen LogP contribution in [0.1, 0.15) is 44.6 Å². The summed E-state index contributed by atoms with van der Waals surface area (Å²) in [7, 11) is -1.93. The van der Waals surface area contributed by atoms with Gasteiger partial charge in [-0.1, -0.05) is 26.8 Å². The van der Waals surface area contributed by atoms with Crippen LogP contribution in [0.4, 0.5) is 5.82 Å². The molecule has 3 heterocycles. The highest BCUT2D eigenvalue weighted by Gasteiger charge is 2.39. The first-order chi connectivity index (χ1) is 14.0. The highest BCUT2D eigenvalue weighted by molar-refractivity contribution is 6.74. The van der Waals surface area contributed by atoms with Gasteiger partial charge in [-0.2, -0.15) is 0 Å². The average molecular weight is 421 g/mol. The number of pyridine rings is 3. The first-order valence-electron chi connectivity index (χ1n) is 10.3. The van der Waals surface area contributed by atoms with Crippen LogP contribution >= 0.6 is 0 Å². The molecule has 2 N–H and O–H groups in total. The molecule has 0 amide bonds. The highest BCUT2D eigenvalue weighted by atomic mass is 28.4. The summed E-state index contributed by atoms with van der Waals surface area (Å²) in [6.07, 6.45) is 8.10. The number of aromatic nitrogens is 3. The molecular formula is C24H32N4OSi. The second-order valence-electron chi connectivity index (χ2n) is 9.34. The van der Waals surface area contributed by atoms with Gasteiger partial charge in [-0.05, 0) is 49.2 Å². The molecule has 0 saturated heterocycles. The van der Waals surface area contributed by atoms with Crippen LogP contribution in [0.3, 0.4) is 0 Å². The molecule has 5 nitrogen and oxygen atoms in total. The van der Waals surface area contributed by atoms with E-state index in [0.717, 1.165) is 39.7 Å². The fourth-order valence-corrected chi connectivity index (χ4v) is 4.44. The molecule has 0 fully saturated rings. The van der Waals surface area contributed by atoms with Crippen LogP contribution in [0.5, 0.6) is 0 Å². The summed E-state index contributed by atoms with van der Waals surface area (Å²) in [5, 5.41) is 1.09. The lowest BCUT2D eigenvalue weighted by molar-refractivity contribution is 0.182. The zero-order chi connectivity index (χ0) is 22.1. The molecule has 158 valence electrons. The van der Waals surface area contributed by atoms with Gasteiger partial charge in [0.15, 0.2) is 8.32 Å². The molecule has 3 aromatic rings. The Hall–Kier alpha value is -2.57. The number of nitrogen functional groups attached to an aromatic ring is 1. The predicted octanol–water partition coefficient (Wildman–Crippen LogP) is 6.22. The molecule has 0 bridgehead atoms. The van der Waals surface area contributed by atoms with Crippen LogP contribution in [0.25, 0.3) is 22.0 Å². The average Bonchev–Trinajstić information content (AvgIpc) is 2.66. The molecule has 0 aliphatic heterocycles. The summed E-state index contributed by atoms with van der Waals surface area (Å²) in [4.78, 5) is 13.5. The van der Waals surface area contributed by atoms with Crippen molar-refractivity contribution >= 4 is 25.0 Å². The lowest BCUT2D eigenvalue weighted by Crippen LogP contribution is -2.41. The van der Waals surface area contributed by atoms with Gasteiger partial charge in [0.05, 0.1) is 17.3 Å². The van der Waals surface area contributed by atoms with Gasteiger partial charge in [0, 0.05) is 41.2 Å². The molecule has 0 aliphatic rings. The number of aryl methyl sites for hydroxylation is 1. The Labute approximate surface area is 180 Å². The van der Waals surface area contributed by atoms with E-state index in [0.29, 0.717) is 5.82 Å². The summed E-state index contributed by atoms with van der Waals surface area (Å²) in [6, 6.07) is 5.99. The van der Waals surface area contributed by atoms with Crippen molar-refractivity contribution in [3.63, 3.8) is 0 Å². The zero-order valence-electron chi connectivity index (χ0n) is 18.9. The van der Waals surface area contributed by atoms with Crippen molar-refractivity contribution in [2.75, 3.05) is 5.73 Å². The summed E-state index contributed by atoms with van der Waals surface area (Å²) in [5.74, 6) is 0.472. The third kappa shape index (κ3) is 4.60. The quantitative estimate of drug-likeness (QED) is 0.378. The molecule has 0 aromatic carbocycles. The third-order valence-corrected chi connectivity index (χ3v) is 10.5. The van der Waals surface area contributed by atoms with Gasteiger partial charge in [0.1, 0.15) is 5.82 Å². The first kappa shape index (κ1) is 22.1. The lowest BCUT2D eigenvalue weighted by Gasteiger charge is -2.39. The standard InChI is InChI=1S/C24H32N4OSi/c1-8-9-22(29-30(6,7)24(3,4)5)21-10-16(2)19(15-27-21)17-11-18-14-28-23(25)12-20(18)26-13-17/h8,10-15,22H,1,9H2,2-7H3,(H2,25,28). The van der Waals surface area contributed by atoms with E-state index in [-0.39, 0.29) is 11.1 Å². The van der Waals surface area contributed by atoms with E-state index < -0.39 is 8.32 Å². The fourth-order valence-electron chi connectivity index (χ4n) is 3.15. The summed E-state index contributed by atoms with van der Waals surface area (Å²) < 4.78 is 6.67. The third-order valence-electron chi connectivity index (χ3n) is 5.98. The van der Waals surface area contributed by atoms with Crippen molar-refractivity contribution in [2.45, 2.75) is 58.4 Å². The molecule has 0 spiro atoms. The maximum Gasteiger partial charge on any atom is 0.193 e. The maximum atomic E-state index is 6.67. The Bertz CT molecular complexity index is 1070.